The molecular formula is C14H21NO2. The second-order valence-corrected chi connectivity index (χ2v) is 4.90. The van der Waals surface area contributed by atoms with Gasteiger partial charge < -0.3 is 9.30 Å². The summed E-state index contributed by atoms with van der Waals surface area (Å²) in [6, 6.07) is 4.32. The predicted octanol–water partition coefficient (Wildman–Crippen LogP) is 2.88. The minimum Gasteiger partial charge on any atom is -0.469 e. The minimum atomic E-state index is -0.0958. The molecular weight excluding hydrogens is 214 g/mol. The Balaban J connectivity index is 2.18. The molecule has 1 atom stereocenters. The SMILES string of the molecule is CCC1(CCC(=O)OC)CCCn2cccc21. The average Bonchev–Trinajstić information content (AvgIpc) is 2.85. The van der Waals surface area contributed by atoms with E-state index in [1.165, 1.54) is 25.6 Å². The highest BCUT2D eigenvalue weighted by molar-refractivity contribution is 5.69. The molecule has 0 aromatic carbocycles. The highest BCUT2D eigenvalue weighted by Crippen LogP contribution is 2.40. The van der Waals surface area contributed by atoms with Crippen molar-refractivity contribution in [2.24, 2.45) is 0 Å². The van der Waals surface area contributed by atoms with Crippen molar-refractivity contribution in [2.45, 2.75) is 51.0 Å². The van der Waals surface area contributed by atoms with Gasteiger partial charge in [-0.05, 0) is 37.8 Å². The van der Waals surface area contributed by atoms with Crippen LogP contribution in [0.15, 0.2) is 18.3 Å². The van der Waals surface area contributed by atoms with Crippen molar-refractivity contribution in [3.05, 3.63) is 24.0 Å². The summed E-state index contributed by atoms with van der Waals surface area (Å²) in [6.07, 6.45) is 7.06. The van der Waals surface area contributed by atoms with Crippen LogP contribution in [0, 0.1) is 0 Å². The van der Waals surface area contributed by atoms with Gasteiger partial charge in [-0.1, -0.05) is 6.92 Å². The number of carbonyl (C=O) groups excluding carboxylic acids is 1. The van der Waals surface area contributed by atoms with Gasteiger partial charge in [-0.25, -0.2) is 0 Å². The van der Waals surface area contributed by atoms with Crippen molar-refractivity contribution in [1.29, 1.82) is 0 Å². The summed E-state index contributed by atoms with van der Waals surface area (Å²) in [4.78, 5) is 11.3. The smallest absolute Gasteiger partial charge is 0.305 e. The summed E-state index contributed by atoms with van der Waals surface area (Å²) in [5, 5.41) is 0. The van der Waals surface area contributed by atoms with E-state index in [9.17, 15) is 4.79 Å². The number of fused-ring (bicyclic) bond motifs is 1. The lowest BCUT2D eigenvalue weighted by molar-refractivity contribution is -0.141. The molecule has 2 rings (SSSR count). The molecule has 0 N–H and O–H groups in total. The zero-order valence-corrected chi connectivity index (χ0v) is 10.7. The number of ether oxygens (including phenoxy) is 1. The molecule has 1 aliphatic heterocycles. The first-order valence-corrected chi connectivity index (χ1v) is 6.44. The summed E-state index contributed by atoms with van der Waals surface area (Å²) in [5.74, 6) is -0.0958. The summed E-state index contributed by atoms with van der Waals surface area (Å²) < 4.78 is 7.09. The highest BCUT2D eigenvalue weighted by atomic mass is 16.5. The Morgan fingerprint density at radius 2 is 2.41 bits per heavy atom. The number of carbonyl (C=O) groups is 1. The largest absolute Gasteiger partial charge is 0.469 e. The molecule has 0 saturated heterocycles. The fraction of sp³-hybridized carbons (Fsp3) is 0.643. The molecule has 94 valence electrons. The second-order valence-electron chi connectivity index (χ2n) is 4.90. The van der Waals surface area contributed by atoms with E-state index < -0.39 is 0 Å². The van der Waals surface area contributed by atoms with Crippen molar-refractivity contribution in [3.8, 4) is 0 Å². The van der Waals surface area contributed by atoms with Gasteiger partial charge in [0.2, 0.25) is 0 Å². The molecule has 0 aliphatic carbocycles. The van der Waals surface area contributed by atoms with Gasteiger partial charge in [0.1, 0.15) is 0 Å². The first-order valence-electron chi connectivity index (χ1n) is 6.44. The predicted molar refractivity (Wildman–Crippen MR) is 66.9 cm³/mol. The standard InChI is InChI=1S/C14H21NO2/c1-3-14(9-7-13(16)17-2)8-5-11-15-10-4-6-12(14)15/h4,6,10H,3,5,7-9,11H2,1-2H3. The van der Waals surface area contributed by atoms with E-state index in [-0.39, 0.29) is 11.4 Å². The average molecular weight is 235 g/mol. The molecule has 0 saturated carbocycles. The Kier molecular flexibility index (Phi) is 3.55. The maximum absolute atomic E-state index is 11.3. The third kappa shape index (κ3) is 2.24. The number of nitrogens with zero attached hydrogens (tertiary/aromatic N) is 1. The molecule has 2 heterocycles. The normalized spacial score (nSPS) is 23.2. The van der Waals surface area contributed by atoms with Gasteiger partial charge in [0, 0.05) is 30.3 Å². The van der Waals surface area contributed by atoms with Crippen LogP contribution in [0.4, 0.5) is 0 Å². The van der Waals surface area contributed by atoms with Gasteiger partial charge in [0.25, 0.3) is 0 Å². The van der Waals surface area contributed by atoms with E-state index in [0.717, 1.165) is 19.4 Å². The summed E-state index contributed by atoms with van der Waals surface area (Å²) in [5.41, 5.74) is 1.57. The van der Waals surface area contributed by atoms with Crippen molar-refractivity contribution in [1.82, 2.24) is 4.57 Å². The fourth-order valence-corrected chi connectivity index (χ4v) is 3.04. The lowest BCUT2D eigenvalue weighted by Gasteiger charge is -2.38. The molecule has 1 aromatic rings. The van der Waals surface area contributed by atoms with Gasteiger partial charge in [0.15, 0.2) is 0 Å². The van der Waals surface area contributed by atoms with E-state index in [1.54, 1.807) is 0 Å². The summed E-state index contributed by atoms with van der Waals surface area (Å²) in [6.45, 7) is 3.34. The van der Waals surface area contributed by atoms with Gasteiger partial charge in [-0.2, -0.15) is 0 Å². The van der Waals surface area contributed by atoms with E-state index >= 15 is 0 Å². The molecule has 0 spiro atoms. The van der Waals surface area contributed by atoms with Crippen LogP contribution in [-0.4, -0.2) is 17.6 Å². The molecule has 17 heavy (non-hydrogen) atoms. The summed E-state index contributed by atoms with van der Waals surface area (Å²) in [7, 11) is 1.46. The molecule has 0 bridgehead atoms. The third-order valence-corrected chi connectivity index (χ3v) is 4.14. The van der Waals surface area contributed by atoms with Gasteiger partial charge in [-0.15, -0.1) is 0 Å². The zero-order valence-electron chi connectivity index (χ0n) is 10.7. The zero-order chi connectivity index (χ0) is 12.3. The highest BCUT2D eigenvalue weighted by Gasteiger charge is 2.35. The van der Waals surface area contributed by atoms with Crippen molar-refractivity contribution in [2.75, 3.05) is 7.11 Å². The van der Waals surface area contributed by atoms with Crippen molar-refractivity contribution >= 4 is 5.97 Å². The molecule has 1 aromatic heterocycles. The van der Waals surface area contributed by atoms with Crippen LogP contribution in [0.5, 0.6) is 0 Å². The Labute approximate surface area is 103 Å². The van der Waals surface area contributed by atoms with Crippen LogP contribution < -0.4 is 0 Å². The molecule has 0 fully saturated rings. The van der Waals surface area contributed by atoms with Crippen LogP contribution >= 0.6 is 0 Å². The molecule has 0 amide bonds. The summed E-state index contributed by atoms with van der Waals surface area (Å²) >= 11 is 0. The number of hydrogen-bond donors (Lipinski definition) is 0. The maximum atomic E-state index is 11.3. The first-order chi connectivity index (χ1) is 8.22. The van der Waals surface area contributed by atoms with Crippen molar-refractivity contribution < 1.29 is 9.53 Å². The van der Waals surface area contributed by atoms with Gasteiger partial charge in [0.05, 0.1) is 7.11 Å². The van der Waals surface area contributed by atoms with Crippen LogP contribution in [0.3, 0.4) is 0 Å². The number of rotatable bonds is 4. The van der Waals surface area contributed by atoms with E-state index in [2.05, 4.69) is 29.8 Å². The Bertz CT molecular complexity index is 397. The topological polar surface area (TPSA) is 31.2 Å². The number of aryl methyl sites for hydroxylation is 1. The monoisotopic (exact) mass is 235 g/mol. The lowest BCUT2D eigenvalue weighted by Crippen LogP contribution is -2.33. The van der Waals surface area contributed by atoms with Crippen LogP contribution in [0.25, 0.3) is 0 Å². The number of esters is 1. The van der Waals surface area contributed by atoms with E-state index in [1.807, 2.05) is 0 Å². The quantitative estimate of drug-likeness (QED) is 0.751. The Hall–Kier alpha value is -1.25. The Morgan fingerprint density at radius 3 is 3.12 bits per heavy atom. The first kappa shape index (κ1) is 12.2. The fourth-order valence-electron chi connectivity index (χ4n) is 3.04. The van der Waals surface area contributed by atoms with E-state index in [0.29, 0.717) is 6.42 Å². The minimum absolute atomic E-state index is 0.0958. The van der Waals surface area contributed by atoms with Crippen molar-refractivity contribution in [3.63, 3.8) is 0 Å². The lowest BCUT2D eigenvalue weighted by atomic mass is 9.72. The molecule has 1 aliphatic rings. The molecule has 0 radical (unpaired) electrons. The van der Waals surface area contributed by atoms with Crippen LogP contribution in [-0.2, 0) is 21.5 Å². The Morgan fingerprint density at radius 1 is 1.59 bits per heavy atom. The van der Waals surface area contributed by atoms with E-state index in [4.69, 9.17) is 4.74 Å². The number of hydrogen-bond acceptors (Lipinski definition) is 2. The van der Waals surface area contributed by atoms with Gasteiger partial charge >= 0.3 is 5.97 Å². The second kappa shape index (κ2) is 4.94. The molecule has 3 heteroatoms. The molecule has 3 nitrogen and oxygen atoms in total. The third-order valence-electron chi connectivity index (χ3n) is 4.14. The molecule has 1 unspecified atom stereocenters. The number of aromatic nitrogens is 1. The van der Waals surface area contributed by atoms with Crippen LogP contribution in [0.1, 0.15) is 44.7 Å². The van der Waals surface area contributed by atoms with Crippen LogP contribution in [0.2, 0.25) is 0 Å². The number of methoxy groups -OCH3 is 1. The maximum Gasteiger partial charge on any atom is 0.305 e. The van der Waals surface area contributed by atoms with Gasteiger partial charge in [-0.3, -0.25) is 4.79 Å².